The Morgan fingerprint density at radius 2 is 1.46 bits per heavy atom. The zero-order valence-corrected chi connectivity index (χ0v) is 14.0. The van der Waals surface area contributed by atoms with E-state index >= 15 is 0 Å². The summed E-state index contributed by atoms with van der Waals surface area (Å²) in [6, 6.07) is 22.2. The molecule has 1 amide bonds. The third-order valence-electron chi connectivity index (χ3n) is 3.70. The molecule has 0 unspecified atom stereocenters. The summed E-state index contributed by atoms with van der Waals surface area (Å²) in [5.41, 5.74) is 4.26. The number of nitrogens with one attached hydrogen (secondary N) is 1. The highest BCUT2D eigenvalue weighted by Gasteiger charge is 2.04. The first-order valence-corrected chi connectivity index (χ1v) is 7.65. The minimum absolute atomic E-state index is 0. The van der Waals surface area contributed by atoms with Crippen molar-refractivity contribution in [2.45, 2.75) is 6.42 Å². The molecule has 122 valence electrons. The lowest BCUT2D eigenvalue weighted by Crippen LogP contribution is -2.25. The summed E-state index contributed by atoms with van der Waals surface area (Å²) in [7, 11) is 0. The normalized spacial score (nSPS) is 9.83. The summed E-state index contributed by atoms with van der Waals surface area (Å²) in [5, 5.41) is 2.93. The van der Waals surface area contributed by atoms with E-state index in [1.54, 1.807) is 24.5 Å². The Labute approximate surface area is 148 Å². The first-order valence-electron chi connectivity index (χ1n) is 7.65. The molecule has 0 bridgehead atoms. The lowest BCUT2D eigenvalue weighted by atomic mass is 10.0. The lowest BCUT2D eigenvalue weighted by molar-refractivity contribution is 0.0954. The molecule has 3 aromatic rings. The van der Waals surface area contributed by atoms with Crippen LogP contribution in [-0.2, 0) is 6.42 Å². The second-order valence-corrected chi connectivity index (χ2v) is 5.30. The van der Waals surface area contributed by atoms with E-state index in [0.717, 1.165) is 6.42 Å². The fourth-order valence-electron chi connectivity index (χ4n) is 2.42. The van der Waals surface area contributed by atoms with Gasteiger partial charge in [0, 0.05) is 24.5 Å². The van der Waals surface area contributed by atoms with E-state index in [4.69, 9.17) is 0 Å². The van der Waals surface area contributed by atoms with E-state index in [2.05, 4.69) is 46.7 Å². The number of hydrogen-bond donors (Lipinski definition) is 1. The van der Waals surface area contributed by atoms with Crippen LogP contribution in [0.2, 0.25) is 0 Å². The zero-order valence-electron chi connectivity index (χ0n) is 13.2. The maximum Gasteiger partial charge on any atom is 0.251 e. The Bertz CT molecular complexity index is 759. The van der Waals surface area contributed by atoms with Gasteiger partial charge in [-0.3, -0.25) is 9.78 Å². The second kappa shape index (κ2) is 8.85. The van der Waals surface area contributed by atoms with Crippen LogP contribution in [0.25, 0.3) is 11.1 Å². The molecule has 0 aliphatic heterocycles. The molecule has 4 heteroatoms. The Morgan fingerprint density at radius 1 is 0.833 bits per heavy atom. The van der Waals surface area contributed by atoms with Crippen LogP contribution < -0.4 is 5.32 Å². The number of amides is 1. The molecule has 1 N–H and O–H groups in total. The predicted octanol–water partition coefficient (Wildman–Crippen LogP) is 4.14. The molecule has 0 aliphatic carbocycles. The summed E-state index contributed by atoms with van der Waals surface area (Å²) < 4.78 is 0. The van der Waals surface area contributed by atoms with Crippen molar-refractivity contribution in [3.8, 4) is 11.1 Å². The minimum atomic E-state index is -0.0618. The van der Waals surface area contributed by atoms with Crippen molar-refractivity contribution >= 4 is 18.3 Å². The van der Waals surface area contributed by atoms with Gasteiger partial charge in [0.1, 0.15) is 0 Å². The quantitative estimate of drug-likeness (QED) is 0.759. The molecule has 3 nitrogen and oxygen atoms in total. The van der Waals surface area contributed by atoms with E-state index < -0.39 is 0 Å². The van der Waals surface area contributed by atoms with Gasteiger partial charge in [-0.25, -0.2) is 0 Å². The van der Waals surface area contributed by atoms with Crippen molar-refractivity contribution in [2.24, 2.45) is 0 Å². The molecule has 0 spiro atoms. The van der Waals surface area contributed by atoms with Gasteiger partial charge in [-0.15, -0.1) is 12.4 Å². The Kier molecular flexibility index (Phi) is 6.52. The van der Waals surface area contributed by atoms with Crippen LogP contribution in [0, 0.1) is 0 Å². The molecule has 3 rings (SSSR count). The van der Waals surface area contributed by atoms with Gasteiger partial charge in [-0.1, -0.05) is 54.6 Å². The first-order chi connectivity index (χ1) is 11.3. The van der Waals surface area contributed by atoms with E-state index in [1.807, 2.05) is 18.2 Å². The van der Waals surface area contributed by atoms with Crippen molar-refractivity contribution in [2.75, 3.05) is 6.54 Å². The molecule has 2 aromatic carbocycles. The fraction of sp³-hybridized carbons (Fsp3) is 0.100. The summed E-state index contributed by atoms with van der Waals surface area (Å²) in [5.74, 6) is -0.0618. The zero-order chi connectivity index (χ0) is 15.9. The van der Waals surface area contributed by atoms with Crippen molar-refractivity contribution in [3.05, 3.63) is 90.3 Å². The average Bonchev–Trinajstić information content (AvgIpc) is 2.64. The summed E-state index contributed by atoms with van der Waals surface area (Å²) in [4.78, 5) is 15.8. The van der Waals surface area contributed by atoms with E-state index in [-0.39, 0.29) is 18.3 Å². The molecule has 0 saturated carbocycles. The molecule has 0 fully saturated rings. The monoisotopic (exact) mass is 338 g/mol. The second-order valence-electron chi connectivity index (χ2n) is 5.30. The highest BCUT2D eigenvalue weighted by molar-refractivity contribution is 5.93. The van der Waals surface area contributed by atoms with Gasteiger partial charge in [0.25, 0.3) is 5.91 Å². The van der Waals surface area contributed by atoms with E-state index in [1.165, 1.54) is 16.7 Å². The number of pyridine rings is 1. The van der Waals surface area contributed by atoms with E-state index in [9.17, 15) is 4.79 Å². The van der Waals surface area contributed by atoms with Crippen molar-refractivity contribution < 1.29 is 4.79 Å². The number of benzene rings is 2. The largest absolute Gasteiger partial charge is 0.352 e. The van der Waals surface area contributed by atoms with Crippen LogP contribution in [0.3, 0.4) is 0 Å². The minimum Gasteiger partial charge on any atom is -0.352 e. The molecule has 1 aromatic heterocycles. The molecule has 1 heterocycles. The molecule has 0 radical (unpaired) electrons. The van der Waals surface area contributed by atoms with Crippen LogP contribution in [-0.4, -0.2) is 17.4 Å². The number of rotatable bonds is 5. The van der Waals surface area contributed by atoms with Crippen LogP contribution in [0.15, 0.2) is 79.1 Å². The van der Waals surface area contributed by atoms with E-state index in [0.29, 0.717) is 12.1 Å². The van der Waals surface area contributed by atoms with Gasteiger partial charge >= 0.3 is 0 Å². The summed E-state index contributed by atoms with van der Waals surface area (Å²) in [6.07, 6.45) is 4.06. The van der Waals surface area contributed by atoms with Gasteiger partial charge < -0.3 is 5.32 Å². The number of aromatic nitrogens is 1. The number of carbonyl (C=O) groups excluding carboxylic acids is 1. The van der Waals surface area contributed by atoms with Gasteiger partial charge in [-0.2, -0.15) is 0 Å². The highest BCUT2D eigenvalue weighted by atomic mass is 35.5. The predicted molar refractivity (Wildman–Crippen MR) is 99.4 cm³/mol. The maximum atomic E-state index is 11.9. The first kappa shape index (κ1) is 17.7. The lowest BCUT2D eigenvalue weighted by Gasteiger charge is -2.07. The Hall–Kier alpha value is -2.65. The third-order valence-corrected chi connectivity index (χ3v) is 3.70. The molecule has 0 saturated heterocycles. The number of halogens is 1. The SMILES string of the molecule is Cl.O=C(NCCc1ccc(-c2ccccc2)cc1)c1ccncc1. The molecular weight excluding hydrogens is 320 g/mol. The average molecular weight is 339 g/mol. The standard InChI is InChI=1S/C20H18N2O.ClH/c23-20(19-11-13-21-14-12-19)22-15-10-16-6-8-18(9-7-16)17-4-2-1-3-5-17;/h1-9,11-14H,10,15H2,(H,22,23);1H. The topological polar surface area (TPSA) is 42.0 Å². The number of carbonyl (C=O) groups is 1. The van der Waals surface area contributed by atoms with Crippen LogP contribution in [0.1, 0.15) is 15.9 Å². The third kappa shape index (κ3) is 4.67. The fourth-order valence-corrected chi connectivity index (χ4v) is 2.42. The van der Waals surface area contributed by atoms with Crippen LogP contribution >= 0.6 is 12.4 Å². The van der Waals surface area contributed by atoms with Gasteiger partial charge in [0.15, 0.2) is 0 Å². The van der Waals surface area contributed by atoms with Crippen LogP contribution in [0.4, 0.5) is 0 Å². The van der Waals surface area contributed by atoms with Crippen molar-refractivity contribution in [3.63, 3.8) is 0 Å². The smallest absolute Gasteiger partial charge is 0.251 e. The highest BCUT2D eigenvalue weighted by Crippen LogP contribution is 2.19. The molecule has 0 atom stereocenters. The summed E-state index contributed by atoms with van der Waals surface area (Å²) in [6.45, 7) is 0.617. The van der Waals surface area contributed by atoms with Crippen molar-refractivity contribution in [1.29, 1.82) is 0 Å². The molecule has 0 aliphatic rings. The van der Waals surface area contributed by atoms with Gasteiger partial charge in [0.2, 0.25) is 0 Å². The van der Waals surface area contributed by atoms with Gasteiger partial charge in [0.05, 0.1) is 0 Å². The number of nitrogens with zero attached hydrogens (tertiary/aromatic N) is 1. The summed E-state index contributed by atoms with van der Waals surface area (Å²) >= 11 is 0. The maximum absolute atomic E-state index is 11.9. The van der Waals surface area contributed by atoms with Gasteiger partial charge in [-0.05, 0) is 35.2 Å². The molecular formula is C20H19ClN2O. The number of hydrogen-bond acceptors (Lipinski definition) is 2. The van der Waals surface area contributed by atoms with Crippen LogP contribution in [0.5, 0.6) is 0 Å². The van der Waals surface area contributed by atoms with Crippen molar-refractivity contribution in [1.82, 2.24) is 10.3 Å². The molecule has 24 heavy (non-hydrogen) atoms. The Balaban J connectivity index is 0.00000208. The Morgan fingerprint density at radius 3 is 2.12 bits per heavy atom.